The molecule has 2 nitrogen and oxygen atoms in total. The molecule has 0 radical (unpaired) electrons. The Labute approximate surface area is 115 Å². The fourth-order valence-electron chi connectivity index (χ4n) is 2.24. The highest BCUT2D eigenvalue weighted by atomic mass is 32.2. The van der Waals surface area contributed by atoms with Crippen LogP contribution in [0.25, 0.3) is 0 Å². The van der Waals surface area contributed by atoms with Gasteiger partial charge in [-0.1, -0.05) is 19.1 Å². The molecule has 2 rings (SSSR count). The molecule has 1 aliphatic carbocycles. The summed E-state index contributed by atoms with van der Waals surface area (Å²) in [4.78, 5) is 3.92. The van der Waals surface area contributed by atoms with Crippen molar-refractivity contribution >= 4 is 11.8 Å². The molecule has 0 atom stereocenters. The van der Waals surface area contributed by atoms with E-state index in [9.17, 15) is 0 Å². The molecule has 0 amide bonds. The molecule has 1 N–H and O–H groups in total. The van der Waals surface area contributed by atoms with Crippen LogP contribution in [0.3, 0.4) is 0 Å². The lowest BCUT2D eigenvalue weighted by Crippen LogP contribution is -2.33. The molecule has 3 heteroatoms. The first-order valence-corrected chi connectivity index (χ1v) is 8.13. The Morgan fingerprint density at radius 1 is 1.28 bits per heavy atom. The summed E-state index contributed by atoms with van der Waals surface area (Å²) in [6.45, 7) is 6.71. The van der Waals surface area contributed by atoms with Crippen LogP contribution in [-0.2, 0) is 6.54 Å². The molecule has 0 saturated heterocycles. The van der Waals surface area contributed by atoms with E-state index in [2.05, 4.69) is 47.7 Å². The molecule has 1 aromatic carbocycles. The molecule has 1 saturated carbocycles. The van der Waals surface area contributed by atoms with Gasteiger partial charge in [0.05, 0.1) is 0 Å². The van der Waals surface area contributed by atoms with E-state index in [4.69, 9.17) is 0 Å². The van der Waals surface area contributed by atoms with Crippen molar-refractivity contribution in [1.29, 1.82) is 0 Å². The zero-order chi connectivity index (χ0) is 12.8. The van der Waals surface area contributed by atoms with E-state index >= 15 is 0 Å². The Balaban J connectivity index is 1.64. The summed E-state index contributed by atoms with van der Waals surface area (Å²) < 4.78 is 0. The van der Waals surface area contributed by atoms with Gasteiger partial charge in [-0.25, -0.2) is 0 Å². The Morgan fingerprint density at radius 2 is 2.00 bits per heavy atom. The number of likely N-dealkylation sites (N-methyl/N-ethyl adjacent to an activating group) is 1. The van der Waals surface area contributed by atoms with Crippen molar-refractivity contribution in [2.45, 2.75) is 37.2 Å². The van der Waals surface area contributed by atoms with Crippen LogP contribution in [0, 0.1) is 0 Å². The summed E-state index contributed by atoms with van der Waals surface area (Å²) in [5.74, 6) is 0. The average molecular weight is 264 g/mol. The standard InChI is InChI=1S/C15H24N2S/c1-3-17(14-6-7-14)11-10-16-12-13-4-8-15(18-2)9-5-13/h4-5,8-9,14,16H,3,6-7,10-12H2,1-2H3. The minimum atomic E-state index is 0.887. The van der Waals surface area contributed by atoms with Crippen molar-refractivity contribution < 1.29 is 0 Å². The smallest absolute Gasteiger partial charge is 0.0206 e. The number of benzene rings is 1. The summed E-state index contributed by atoms with van der Waals surface area (Å²) >= 11 is 1.80. The molecule has 1 aromatic rings. The lowest BCUT2D eigenvalue weighted by atomic mass is 10.2. The van der Waals surface area contributed by atoms with Gasteiger partial charge in [0.15, 0.2) is 0 Å². The second kappa shape index (κ2) is 7.17. The van der Waals surface area contributed by atoms with Crippen LogP contribution < -0.4 is 5.32 Å². The lowest BCUT2D eigenvalue weighted by Gasteiger charge is -2.19. The molecule has 0 bridgehead atoms. The molecule has 1 fully saturated rings. The van der Waals surface area contributed by atoms with Crippen molar-refractivity contribution in [3.63, 3.8) is 0 Å². The number of nitrogens with one attached hydrogen (secondary N) is 1. The second-order valence-electron chi connectivity index (χ2n) is 4.88. The molecule has 0 unspecified atom stereocenters. The Morgan fingerprint density at radius 3 is 2.56 bits per heavy atom. The van der Waals surface area contributed by atoms with Crippen molar-refractivity contribution in [3.05, 3.63) is 29.8 Å². The Hall–Kier alpha value is -0.510. The minimum absolute atomic E-state index is 0.887. The largest absolute Gasteiger partial charge is 0.311 e. The third-order valence-electron chi connectivity index (χ3n) is 3.53. The summed E-state index contributed by atoms with van der Waals surface area (Å²) in [5, 5.41) is 3.54. The fourth-order valence-corrected chi connectivity index (χ4v) is 2.65. The van der Waals surface area contributed by atoms with E-state index in [-0.39, 0.29) is 0 Å². The molecular formula is C15H24N2S. The van der Waals surface area contributed by atoms with Gasteiger partial charge in [0, 0.05) is 30.6 Å². The number of thioether (sulfide) groups is 1. The lowest BCUT2D eigenvalue weighted by molar-refractivity contribution is 0.277. The fraction of sp³-hybridized carbons (Fsp3) is 0.600. The number of nitrogens with zero attached hydrogens (tertiary/aromatic N) is 1. The number of rotatable bonds is 8. The van der Waals surface area contributed by atoms with Gasteiger partial charge in [0.2, 0.25) is 0 Å². The van der Waals surface area contributed by atoms with E-state index in [1.54, 1.807) is 11.8 Å². The first kappa shape index (κ1) is 13.9. The number of hydrogen-bond acceptors (Lipinski definition) is 3. The molecular weight excluding hydrogens is 240 g/mol. The predicted octanol–water partition coefficient (Wildman–Crippen LogP) is 2.98. The summed E-state index contributed by atoms with van der Waals surface area (Å²) in [6, 6.07) is 9.72. The van der Waals surface area contributed by atoms with Crippen molar-refractivity contribution in [3.8, 4) is 0 Å². The van der Waals surface area contributed by atoms with Gasteiger partial charge in [-0.15, -0.1) is 11.8 Å². The van der Waals surface area contributed by atoms with Gasteiger partial charge < -0.3 is 5.32 Å². The quantitative estimate of drug-likeness (QED) is 0.574. The molecule has 100 valence electrons. The van der Waals surface area contributed by atoms with Crippen LogP contribution in [0.15, 0.2) is 29.2 Å². The number of hydrogen-bond donors (Lipinski definition) is 1. The maximum atomic E-state index is 3.54. The molecule has 0 heterocycles. The first-order valence-electron chi connectivity index (χ1n) is 6.91. The third kappa shape index (κ3) is 4.30. The van der Waals surface area contributed by atoms with E-state index in [1.165, 1.54) is 36.4 Å². The van der Waals surface area contributed by atoms with E-state index in [0.29, 0.717) is 0 Å². The molecule has 0 spiro atoms. The molecule has 18 heavy (non-hydrogen) atoms. The highest BCUT2D eigenvalue weighted by molar-refractivity contribution is 7.98. The molecule has 0 aromatic heterocycles. The van der Waals surface area contributed by atoms with E-state index in [0.717, 1.165) is 19.1 Å². The van der Waals surface area contributed by atoms with Crippen LogP contribution in [0.1, 0.15) is 25.3 Å². The van der Waals surface area contributed by atoms with Crippen LogP contribution in [0.4, 0.5) is 0 Å². The average Bonchev–Trinajstić information content (AvgIpc) is 3.24. The van der Waals surface area contributed by atoms with Gasteiger partial charge in [-0.2, -0.15) is 0 Å². The van der Waals surface area contributed by atoms with Crippen LogP contribution in [0.2, 0.25) is 0 Å². The molecule has 1 aliphatic rings. The highest BCUT2D eigenvalue weighted by Gasteiger charge is 2.26. The maximum Gasteiger partial charge on any atom is 0.0206 e. The van der Waals surface area contributed by atoms with Gasteiger partial charge in [0.25, 0.3) is 0 Å². The normalized spacial score (nSPS) is 15.3. The summed E-state index contributed by atoms with van der Waals surface area (Å²) in [5.41, 5.74) is 1.38. The zero-order valence-electron chi connectivity index (χ0n) is 11.5. The summed E-state index contributed by atoms with van der Waals surface area (Å²) in [6.07, 6.45) is 4.93. The summed E-state index contributed by atoms with van der Waals surface area (Å²) in [7, 11) is 0. The van der Waals surface area contributed by atoms with Gasteiger partial charge in [0.1, 0.15) is 0 Å². The van der Waals surface area contributed by atoms with E-state index < -0.39 is 0 Å². The maximum absolute atomic E-state index is 3.54. The Kier molecular flexibility index (Phi) is 5.54. The van der Waals surface area contributed by atoms with Crippen LogP contribution in [0.5, 0.6) is 0 Å². The van der Waals surface area contributed by atoms with Crippen LogP contribution >= 0.6 is 11.8 Å². The zero-order valence-corrected chi connectivity index (χ0v) is 12.3. The topological polar surface area (TPSA) is 15.3 Å². The monoisotopic (exact) mass is 264 g/mol. The SMILES string of the molecule is CCN(CCNCc1ccc(SC)cc1)C1CC1. The minimum Gasteiger partial charge on any atom is -0.311 e. The first-order chi connectivity index (χ1) is 8.83. The van der Waals surface area contributed by atoms with Gasteiger partial charge in [-0.3, -0.25) is 4.90 Å². The van der Waals surface area contributed by atoms with Crippen molar-refractivity contribution in [2.24, 2.45) is 0 Å². The van der Waals surface area contributed by atoms with E-state index in [1.807, 2.05) is 0 Å². The Bertz CT molecular complexity index is 346. The second-order valence-corrected chi connectivity index (χ2v) is 5.76. The van der Waals surface area contributed by atoms with Crippen molar-refractivity contribution in [1.82, 2.24) is 10.2 Å². The predicted molar refractivity (Wildman–Crippen MR) is 80.2 cm³/mol. The van der Waals surface area contributed by atoms with Gasteiger partial charge in [-0.05, 0) is 43.3 Å². The highest BCUT2D eigenvalue weighted by Crippen LogP contribution is 2.25. The van der Waals surface area contributed by atoms with Crippen LogP contribution in [-0.4, -0.2) is 36.8 Å². The third-order valence-corrected chi connectivity index (χ3v) is 4.28. The van der Waals surface area contributed by atoms with Crippen molar-refractivity contribution in [2.75, 3.05) is 25.9 Å². The molecule has 0 aliphatic heterocycles. The van der Waals surface area contributed by atoms with Gasteiger partial charge >= 0.3 is 0 Å².